The normalized spacial score (nSPS) is 12.0. The number of methoxy groups -OCH3 is 2. The second-order valence-corrected chi connectivity index (χ2v) is 4.12. The highest BCUT2D eigenvalue weighted by molar-refractivity contribution is 6.33. The van der Waals surface area contributed by atoms with Gasteiger partial charge in [0.2, 0.25) is 0 Å². The van der Waals surface area contributed by atoms with Crippen molar-refractivity contribution in [1.82, 2.24) is 0 Å². The topological polar surface area (TPSA) is 81.8 Å². The quantitative estimate of drug-likeness (QED) is 0.830. The fourth-order valence-electron chi connectivity index (χ4n) is 1.64. The minimum Gasteiger partial charge on any atom is -0.495 e. The van der Waals surface area contributed by atoms with Gasteiger partial charge in [-0.05, 0) is 18.6 Å². The molecular formula is C12H16ClNO4. The number of hydrogen-bond donors (Lipinski definition) is 2. The third kappa shape index (κ3) is 3.27. The minimum absolute atomic E-state index is 0.00598. The van der Waals surface area contributed by atoms with E-state index in [-0.39, 0.29) is 6.42 Å². The molecule has 1 aromatic rings. The Morgan fingerprint density at radius 1 is 1.44 bits per heavy atom. The van der Waals surface area contributed by atoms with E-state index >= 15 is 0 Å². The summed E-state index contributed by atoms with van der Waals surface area (Å²) in [6, 6.07) is 2.97. The van der Waals surface area contributed by atoms with Crippen molar-refractivity contribution < 1.29 is 19.4 Å². The predicted octanol–water partition coefficient (Wildman–Crippen LogP) is 2.22. The minimum atomic E-state index is -0.885. The number of hydrogen-bond acceptors (Lipinski definition) is 4. The van der Waals surface area contributed by atoms with Crippen LogP contribution in [0.2, 0.25) is 5.02 Å². The van der Waals surface area contributed by atoms with Gasteiger partial charge in [0.05, 0.1) is 14.2 Å². The molecule has 0 bridgehead atoms. The highest BCUT2D eigenvalue weighted by Crippen LogP contribution is 2.39. The molecule has 0 fully saturated rings. The third-order valence-electron chi connectivity index (χ3n) is 2.58. The van der Waals surface area contributed by atoms with E-state index in [0.29, 0.717) is 28.5 Å². The molecule has 0 aliphatic rings. The molecule has 0 radical (unpaired) electrons. The highest BCUT2D eigenvalue weighted by Gasteiger charge is 2.18. The van der Waals surface area contributed by atoms with Gasteiger partial charge in [0, 0.05) is 18.0 Å². The summed E-state index contributed by atoms with van der Waals surface area (Å²) in [6.07, 6.45) is 0.308. The van der Waals surface area contributed by atoms with Crippen LogP contribution in [0.5, 0.6) is 11.5 Å². The summed E-state index contributed by atoms with van der Waals surface area (Å²) in [5.41, 5.74) is 6.61. The Labute approximate surface area is 110 Å². The van der Waals surface area contributed by atoms with E-state index in [1.807, 2.05) is 0 Å². The molecule has 18 heavy (non-hydrogen) atoms. The Balaban J connectivity index is 3.01. The number of aliphatic carboxylic acids is 1. The molecule has 6 heteroatoms. The molecule has 1 atom stereocenters. The Morgan fingerprint density at radius 3 is 2.61 bits per heavy atom. The fraction of sp³-hybridized carbons (Fsp3) is 0.417. The maximum absolute atomic E-state index is 10.5. The Morgan fingerprint density at radius 2 is 2.11 bits per heavy atom. The second kappa shape index (κ2) is 6.47. The third-order valence-corrected chi connectivity index (χ3v) is 2.94. The number of carboxylic acid groups (broad SMARTS) is 1. The molecule has 3 N–H and O–H groups in total. The molecule has 0 saturated heterocycles. The van der Waals surface area contributed by atoms with Crippen LogP contribution in [0.4, 0.5) is 0 Å². The summed E-state index contributed by atoms with van der Waals surface area (Å²) in [6.45, 7) is 0. The van der Waals surface area contributed by atoms with E-state index < -0.39 is 12.0 Å². The zero-order valence-electron chi connectivity index (χ0n) is 10.3. The molecule has 0 aliphatic heterocycles. The van der Waals surface area contributed by atoms with Gasteiger partial charge in [0.25, 0.3) is 0 Å². The van der Waals surface area contributed by atoms with Crippen LogP contribution in [-0.2, 0) is 4.79 Å². The number of carboxylic acids is 1. The summed E-state index contributed by atoms with van der Waals surface area (Å²) >= 11 is 6.10. The summed E-state index contributed by atoms with van der Waals surface area (Å²) in [7, 11) is 2.98. The Kier molecular flexibility index (Phi) is 5.25. The smallest absolute Gasteiger partial charge is 0.303 e. The van der Waals surface area contributed by atoms with Crippen molar-refractivity contribution in [2.75, 3.05) is 14.2 Å². The number of carbonyl (C=O) groups is 1. The molecule has 0 heterocycles. The van der Waals surface area contributed by atoms with Gasteiger partial charge in [-0.25, -0.2) is 0 Å². The van der Waals surface area contributed by atoms with Crippen molar-refractivity contribution in [2.24, 2.45) is 5.73 Å². The molecule has 1 unspecified atom stereocenters. The van der Waals surface area contributed by atoms with E-state index in [1.165, 1.54) is 14.2 Å². The van der Waals surface area contributed by atoms with Crippen LogP contribution in [-0.4, -0.2) is 25.3 Å². The lowest BCUT2D eigenvalue weighted by Gasteiger charge is -2.17. The molecular weight excluding hydrogens is 258 g/mol. The SMILES string of the molecule is COc1ccc(C(N)CCC(=O)O)c(OC)c1Cl. The molecule has 0 aromatic heterocycles. The largest absolute Gasteiger partial charge is 0.495 e. The average molecular weight is 274 g/mol. The van der Waals surface area contributed by atoms with Crippen LogP contribution in [0, 0.1) is 0 Å². The van der Waals surface area contributed by atoms with Crippen molar-refractivity contribution in [2.45, 2.75) is 18.9 Å². The van der Waals surface area contributed by atoms with E-state index in [4.69, 9.17) is 31.9 Å². The van der Waals surface area contributed by atoms with Crippen LogP contribution in [0.25, 0.3) is 0 Å². The first-order valence-electron chi connectivity index (χ1n) is 5.39. The maximum atomic E-state index is 10.5. The van der Waals surface area contributed by atoms with Crippen molar-refractivity contribution in [3.63, 3.8) is 0 Å². The lowest BCUT2D eigenvalue weighted by Crippen LogP contribution is -2.13. The standard InChI is InChI=1S/C12H16ClNO4/c1-17-9-5-3-7(12(18-2)11(9)13)8(14)4-6-10(15)16/h3,5,8H,4,6,14H2,1-2H3,(H,15,16). The zero-order chi connectivity index (χ0) is 13.7. The Hall–Kier alpha value is -1.46. The summed E-state index contributed by atoms with van der Waals surface area (Å²) in [5.74, 6) is 0.0284. The van der Waals surface area contributed by atoms with Crippen LogP contribution in [0.15, 0.2) is 12.1 Å². The first-order valence-corrected chi connectivity index (χ1v) is 5.76. The number of halogens is 1. The average Bonchev–Trinajstić information content (AvgIpc) is 2.35. The van der Waals surface area contributed by atoms with Gasteiger partial charge in [-0.2, -0.15) is 0 Å². The molecule has 100 valence electrons. The van der Waals surface area contributed by atoms with Crippen molar-refractivity contribution in [3.8, 4) is 11.5 Å². The fourth-order valence-corrected chi connectivity index (χ4v) is 1.97. The lowest BCUT2D eigenvalue weighted by atomic mass is 10.0. The number of benzene rings is 1. The van der Waals surface area contributed by atoms with Crippen LogP contribution >= 0.6 is 11.6 Å². The Bertz CT molecular complexity index is 436. The lowest BCUT2D eigenvalue weighted by molar-refractivity contribution is -0.137. The van der Waals surface area contributed by atoms with Crippen molar-refractivity contribution in [1.29, 1.82) is 0 Å². The van der Waals surface area contributed by atoms with E-state index in [1.54, 1.807) is 12.1 Å². The first-order chi connectivity index (χ1) is 8.51. The second-order valence-electron chi connectivity index (χ2n) is 3.74. The van der Waals surface area contributed by atoms with Crippen LogP contribution < -0.4 is 15.2 Å². The maximum Gasteiger partial charge on any atom is 0.303 e. The van der Waals surface area contributed by atoms with Gasteiger partial charge >= 0.3 is 5.97 Å². The van der Waals surface area contributed by atoms with Crippen molar-refractivity contribution in [3.05, 3.63) is 22.7 Å². The zero-order valence-corrected chi connectivity index (χ0v) is 11.0. The highest BCUT2D eigenvalue weighted by atomic mass is 35.5. The molecule has 0 saturated carbocycles. The van der Waals surface area contributed by atoms with E-state index in [2.05, 4.69) is 0 Å². The van der Waals surface area contributed by atoms with E-state index in [9.17, 15) is 4.79 Å². The number of nitrogens with two attached hydrogens (primary N) is 1. The van der Waals surface area contributed by atoms with Gasteiger partial charge in [0.15, 0.2) is 0 Å². The predicted molar refractivity (Wildman–Crippen MR) is 68.4 cm³/mol. The van der Waals surface area contributed by atoms with Gasteiger partial charge in [0.1, 0.15) is 16.5 Å². The van der Waals surface area contributed by atoms with E-state index in [0.717, 1.165) is 0 Å². The van der Waals surface area contributed by atoms with Crippen molar-refractivity contribution >= 4 is 17.6 Å². The molecule has 0 aliphatic carbocycles. The van der Waals surface area contributed by atoms with Crippen LogP contribution in [0.3, 0.4) is 0 Å². The number of ether oxygens (including phenoxy) is 2. The molecule has 1 aromatic carbocycles. The van der Waals surface area contributed by atoms with Gasteiger partial charge in [-0.3, -0.25) is 4.79 Å². The first kappa shape index (κ1) is 14.6. The summed E-state index contributed by atoms with van der Waals surface area (Å²) in [5, 5.41) is 8.98. The van der Waals surface area contributed by atoms with Gasteiger partial charge in [-0.15, -0.1) is 0 Å². The summed E-state index contributed by atoms with van der Waals surface area (Å²) in [4.78, 5) is 10.5. The van der Waals surface area contributed by atoms with Crippen LogP contribution in [0.1, 0.15) is 24.4 Å². The van der Waals surface area contributed by atoms with Gasteiger partial charge in [-0.1, -0.05) is 11.6 Å². The number of rotatable bonds is 6. The molecule has 5 nitrogen and oxygen atoms in total. The summed E-state index contributed by atoms with van der Waals surface area (Å²) < 4.78 is 10.3. The molecule has 0 spiro atoms. The molecule has 1 rings (SSSR count). The molecule has 0 amide bonds. The monoisotopic (exact) mass is 273 g/mol. The van der Waals surface area contributed by atoms with Gasteiger partial charge < -0.3 is 20.3 Å².